The first-order chi connectivity index (χ1) is 11.8. The molecular formula is C16H22N4O4S. The molecule has 9 heteroatoms. The van der Waals surface area contributed by atoms with Gasteiger partial charge < -0.3 is 9.32 Å². The molecule has 2 heterocycles. The standard InChI is InChI=1S/C16H22N4O4S/c1-10-14(25(22,23)19-11-6-4-5-7-11)8-13(24-10)15-12(9-17-18-15)16(21)20(2)3/h8-9,11,19H,4-7H2,1-3H3,(H,17,18). The van der Waals surface area contributed by atoms with Crippen LogP contribution in [-0.2, 0) is 10.0 Å². The second-order valence-corrected chi connectivity index (χ2v) is 8.17. The summed E-state index contributed by atoms with van der Waals surface area (Å²) >= 11 is 0. The Hall–Kier alpha value is -2.13. The Labute approximate surface area is 146 Å². The molecule has 0 unspecified atom stereocenters. The number of sulfonamides is 1. The summed E-state index contributed by atoms with van der Waals surface area (Å²) in [7, 11) is -0.402. The van der Waals surface area contributed by atoms with E-state index in [9.17, 15) is 13.2 Å². The van der Waals surface area contributed by atoms with E-state index in [2.05, 4.69) is 14.9 Å². The van der Waals surface area contributed by atoms with E-state index >= 15 is 0 Å². The van der Waals surface area contributed by atoms with Crippen LogP contribution in [0.5, 0.6) is 0 Å². The molecule has 8 nitrogen and oxygen atoms in total. The molecule has 25 heavy (non-hydrogen) atoms. The number of amides is 1. The van der Waals surface area contributed by atoms with Crippen molar-refractivity contribution in [2.45, 2.75) is 43.5 Å². The van der Waals surface area contributed by atoms with Crippen molar-refractivity contribution < 1.29 is 17.6 Å². The van der Waals surface area contributed by atoms with E-state index in [0.717, 1.165) is 25.7 Å². The van der Waals surface area contributed by atoms with Gasteiger partial charge in [0.1, 0.15) is 16.3 Å². The van der Waals surface area contributed by atoms with Crippen molar-refractivity contribution >= 4 is 15.9 Å². The molecule has 2 N–H and O–H groups in total. The van der Waals surface area contributed by atoms with Gasteiger partial charge in [-0.3, -0.25) is 9.89 Å². The molecule has 0 spiro atoms. The SMILES string of the molecule is Cc1oc(-c2[nH]ncc2C(=O)N(C)C)cc1S(=O)(=O)NC1CCCC1. The fourth-order valence-corrected chi connectivity index (χ4v) is 4.54. The topological polar surface area (TPSA) is 108 Å². The minimum atomic E-state index is -3.67. The number of carbonyl (C=O) groups excluding carboxylic acids is 1. The highest BCUT2D eigenvalue weighted by Gasteiger charge is 2.28. The fraction of sp³-hybridized carbons (Fsp3) is 0.500. The Morgan fingerprint density at radius 2 is 2.04 bits per heavy atom. The van der Waals surface area contributed by atoms with E-state index in [0.29, 0.717) is 11.3 Å². The first-order valence-corrected chi connectivity index (χ1v) is 9.66. The van der Waals surface area contributed by atoms with Crippen molar-refractivity contribution in [2.24, 2.45) is 0 Å². The normalized spacial score (nSPS) is 15.6. The van der Waals surface area contributed by atoms with E-state index in [1.165, 1.54) is 17.2 Å². The molecule has 0 atom stereocenters. The third-order valence-electron chi connectivity index (χ3n) is 4.36. The van der Waals surface area contributed by atoms with Crippen molar-refractivity contribution in [1.82, 2.24) is 19.8 Å². The van der Waals surface area contributed by atoms with Gasteiger partial charge in [0.15, 0.2) is 5.76 Å². The van der Waals surface area contributed by atoms with Gasteiger partial charge in [0.25, 0.3) is 5.91 Å². The van der Waals surface area contributed by atoms with E-state index in [1.807, 2.05) is 0 Å². The average Bonchev–Trinajstić information content (AvgIpc) is 3.25. The summed E-state index contributed by atoms with van der Waals surface area (Å²) < 4.78 is 33.7. The lowest BCUT2D eigenvalue weighted by Gasteiger charge is -2.11. The van der Waals surface area contributed by atoms with E-state index in [4.69, 9.17) is 4.42 Å². The number of aromatic nitrogens is 2. The predicted molar refractivity (Wildman–Crippen MR) is 91.6 cm³/mol. The van der Waals surface area contributed by atoms with Gasteiger partial charge in [-0.05, 0) is 19.8 Å². The molecular weight excluding hydrogens is 344 g/mol. The number of aryl methyl sites for hydroxylation is 1. The van der Waals surface area contributed by atoms with Crippen LogP contribution in [0.15, 0.2) is 21.6 Å². The fourth-order valence-electron chi connectivity index (χ4n) is 3.06. The largest absolute Gasteiger partial charge is 0.458 e. The van der Waals surface area contributed by atoms with Gasteiger partial charge in [-0.15, -0.1) is 0 Å². The number of furan rings is 1. The summed E-state index contributed by atoms with van der Waals surface area (Å²) in [4.78, 5) is 13.7. The number of aromatic amines is 1. The zero-order valence-electron chi connectivity index (χ0n) is 14.5. The summed E-state index contributed by atoms with van der Waals surface area (Å²) in [5.74, 6) is 0.302. The average molecular weight is 366 g/mol. The Bertz CT molecular complexity index is 876. The van der Waals surface area contributed by atoms with Crippen LogP contribution >= 0.6 is 0 Å². The Balaban J connectivity index is 1.93. The lowest BCUT2D eigenvalue weighted by molar-refractivity contribution is 0.0828. The van der Waals surface area contributed by atoms with Crippen LogP contribution in [0.1, 0.15) is 41.8 Å². The molecule has 3 rings (SSSR count). The van der Waals surface area contributed by atoms with Gasteiger partial charge in [-0.2, -0.15) is 5.10 Å². The highest BCUT2D eigenvalue weighted by molar-refractivity contribution is 7.89. The third kappa shape index (κ3) is 3.47. The zero-order chi connectivity index (χ0) is 18.2. The maximum absolute atomic E-state index is 12.6. The quantitative estimate of drug-likeness (QED) is 0.840. The number of hydrogen-bond donors (Lipinski definition) is 2. The summed E-state index contributed by atoms with van der Waals surface area (Å²) in [6, 6.07) is 1.41. The van der Waals surface area contributed by atoms with Gasteiger partial charge in [0.05, 0.1) is 11.8 Å². The van der Waals surface area contributed by atoms with E-state index in [1.54, 1.807) is 21.0 Å². The highest BCUT2D eigenvalue weighted by Crippen LogP contribution is 2.30. The summed E-state index contributed by atoms with van der Waals surface area (Å²) in [6.07, 6.45) is 5.18. The lowest BCUT2D eigenvalue weighted by atomic mass is 10.2. The summed E-state index contributed by atoms with van der Waals surface area (Å²) in [6.45, 7) is 1.59. The Morgan fingerprint density at radius 3 is 2.68 bits per heavy atom. The molecule has 2 aromatic rings. The molecule has 0 saturated heterocycles. The maximum Gasteiger partial charge on any atom is 0.257 e. The molecule has 2 aromatic heterocycles. The van der Waals surface area contributed by atoms with E-state index < -0.39 is 10.0 Å². The lowest BCUT2D eigenvalue weighted by Crippen LogP contribution is -2.32. The predicted octanol–water partition coefficient (Wildman–Crippen LogP) is 1.90. The second-order valence-electron chi connectivity index (χ2n) is 6.49. The van der Waals surface area contributed by atoms with Crippen molar-refractivity contribution in [2.75, 3.05) is 14.1 Å². The second kappa shape index (κ2) is 6.64. The van der Waals surface area contributed by atoms with Crippen LogP contribution in [0.3, 0.4) is 0 Å². The molecule has 1 aliphatic rings. The smallest absolute Gasteiger partial charge is 0.257 e. The molecule has 136 valence electrons. The third-order valence-corrected chi connectivity index (χ3v) is 5.99. The van der Waals surface area contributed by atoms with E-state index in [-0.39, 0.29) is 28.4 Å². The number of rotatable bonds is 5. The van der Waals surface area contributed by atoms with Crippen LogP contribution in [-0.4, -0.2) is 49.6 Å². The summed E-state index contributed by atoms with van der Waals surface area (Å²) in [5, 5.41) is 6.61. The number of nitrogens with one attached hydrogen (secondary N) is 2. The molecule has 1 aliphatic carbocycles. The van der Waals surface area contributed by atoms with Gasteiger partial charge in [0.2, 0.25) is 10.0 Å². The first-order valence-electron chi connectivity index (χ1n) is 8.17. The molecule has 0 aromatic carbocycles. The highest BCUT2D eigenvalue weighted by atomic mass is 32.2. The van der Waals surface area contributed by atoms with Crippen LogP contribution in [0.4, 0.5) is 0 Å². The van der Waals surface area contributed by atoms with Crippen molar-refractivity contribution in [3.05, 3.63) is 23.6 Å². The number of H-pyrrole nitrogens is 1. The molecule has 0 radical (unpaired) electrons. The number of hydrogen-bond acceptors (Lipinski definition) is 5. The van der Waals surface area contributed by atoms with Crippen molar-refractivity contribution in [3.8, 4) is 11.5 Å². The van der Waals surface area contributed by atoms with Crippen molar-refractivity contribution in [1.29, 1.82) is 0 Å². The molecule has 0 bridgehead atoms. The number of nitrogens with zero attached hydrogens (tertiary/aromatic N) is 2. The first kappa shape index (κ1) is 17.7. The van der Waals surface area contributed by atoms with Crippen LogP contribution in [0.25, 0.3) is 11.5 Å². The summed E-state index contributed by atoms with van der Waals surface area (Å²) in [5.41, 5.74) is 0.690. The molecule has 1 amide bonds. The zero-order valence-corrected chi connectivity index (χ0v) is 15.3. The van der Waals surface area contributed by atoms with Gasteiger partial charge >= 0.3 is 0 Å². The minimum absolute atomic E-state index is 0.0271. The monoisotopic (exact) mass is 366 g/mol. The maximum atomic E-state index is 12.6. The van der Waals surface area contributed by atoms with Crippen LogP contribution < -0.4 is 4.72 Å². The van der Waals surface area contributed by atoms with Crippen LogP contribution in [0, 0.1) is 6.92 Å². The Kier molecular flexibility index (Phi) is 4.70. The van der Waals surface area contributed by atoms with Crippen molar-refractivity contribution in [3.63, 3.8) is 0 Å². The molecule has 1 fully saturated rings. The van der Waals surface area contributed by atoms with Gasteiger partial charge in [-0.25, -0.2) is 13.1 Å². The molecule has 0 aliphatic heterocycles. The van der Waals surface area contributed by atoms with Gasteiger partial charge in [-0.1, -0.05) is 12.8 Å². The molecule has 1 saturated carbocycles. The minimum Gasteiger partial charge on any atom is -0.458 e. The van der Waals surface area contributed by atoms with Crippen LogP contribution in [0.2, 0.25) is 0 Å². The number of carbonyl (C=O) groups is 1. The van der Waals surface area contributed by atoms with Gasteiger partial charge in [0, 0.05) is 26.2 Å². The Morgan fingerprint density at radius 1 is 1.36 bits per heavy atom.